The van der Waals surface area contributed by atoms with E-state index in [4.69, 9.17) is 4.74 Å². The number of carbonyl (C=O) groups is 1. The first-order valence-corrected chi connectivity index (χ1v) is 7.80. The predicted molar refractivity (Wildman–Crippen MR) is 80.6 cm³/mol. The molecule has 0 spiro atoms. The van der Waals surface area contributed by atoms with Crippen LogP contribution in [-0.2, 0) is 17.7 Å². The minimum Gasteiger partial charge on any atom is -0.478 e. The smallest absolute Gasteiger partial charge is 0.335 e. The molecule has 0 unspecified atom stereocenters. The second-order valence-corrected chi connectivity index (χ2v) is 6.14. The summed E-state index contributed by atoms with van der Waals surface area (Å²) < 4.78 is 5.44. The van der Waals surface area contributed by atoms with Gasteiger partial charge < -0.3 is 9.84 Å². The van der Waals surface area contributed by atoms with E-state index in [-0.39, 0.29) is 0 Å². The summed E-state index contributed by atoms with van der Waals surface area (Å²) >= 11 is 0. The van der Waals surface area contributed by atoms with Gasteiger partial charge in [-0.05, 0) is 49.3 Å². The lowest BCUT2D eigenvalue weighted by molar-refractivity contribution is 0.0349. The van der Waals surface area contributed by atoms with Crippen molar-refractivity contribution in [3.05, 3.63) is 34.9 Å². The van der Waals surface area contributed by atoms with E-state index in [2.05, 4.69) is 11.0 Å². The van der Waals surface area contributed by atoms with Gasteiger partial charge in [0.05, 0.1) is 11.7 Å². The Morgan fingerprint density at radius 2 is 2.05 bits per heavy atom. The molecule has 2 aliphatic rings. The molecule has 4 heteroatoms. The van der Waals surface area contributed by atoms with Crippen molar-refractivity contribution >= 4 is 5.97 Å². The number of hydrogen-bond donors (Lipinski definition) is 1. The van der Waals surface area contributed by atoms with Gasteiger partial charge >= 0.3 is 5.97 Å². The van der Waals surface area contributed by atoms with Gasteiger partial charge in [0.25, 0.3) is 0 Å². The number of methoxy groups -OCH3 is 1. The van der Waals surface area contributed by atoms with Crippen molar-refractivity contribution in [1.29, 1.82) is 0 Å². The van der Waals surface area contributed by atoms with Gasteiger partial charge in [-0.25, -0.2) is 4.79 Å². The van der Waals surface area contributed by atoms with Gasteiger partial charge in [-0.15, -0.1) is 0 Å². The van der Waals surface area contributed by atoms with Crippen LogP contribution in [0.4, 0.5) is 0 Å². The Morgan fingerprint density at radius 3 is 2.71 bits per heavy atom. The molecular weight excluding hydrogens is 266 g/mol. The number of ether oxygens (including phenoxy) is 1. The zero-order valence-corrected chi connectivity index (χ0v) is 12.5. The molecular formula is C17H23NO3. The normalized spacial score (nSPS) is 26.3. The molecule has 0 saturated heterocycles. The van der Waals surface area contributed by atoms with Crippen molar-refractivity contribution in [3.8, 4) is 0 Å². The lowest BCUT2D eigenvalue weighted by Crippen LogP contribution is -2.42. The Labute approximate surface area is 125 Å². The van der Waals surface area contributed by atoms with E-state index < -0.39 is 5.97 Å². The molecule has 1 aliphatic heterocycles. The van der Waals surface area contributed by atoms with E-state index in [0.29, 0.717) is 17.7 Å². The summed E-state index contributed by atoms with van der Waals surface area (Å²) in [5.74, 6) is -0.805. The van der Waals surface area contributed by atoms with Crippen molar-refractivity contribution in [2.45, 2.75) is 50.8 Å². The van der Waals surface area contributed by atoms with Crippen molar-refractivity contribution in [2.75, 3.05) is 13.7 Å². The monoisotopic (exact) mass is 289 g/mol. The van der Waals surface area contributed by atoms with Crippen LogP contribution in [0.2, 0.25) is 0 Å². The van der Waals surface area contributed by atoms with Crippen LogP contribution in [-0.4, -0.2) is 41.8 Å². The van der Waals surface area contributed by atoms with Crippen LogP contribution in [0.5, 0.6) is 0 Å². The quantitative estimate of drug-likeness (QED) is 0.929. The number of rotatable bonds is 3. The molecule has 3 rings (SSSR count). The third kappa shape index (κ3) is 2.97. The molecule has 21 heavy (non-hydrogen) atoms. The van der Waals surface area contributed by atoms with Crippen LogP contribution in [0.25, 0.3) is 0 Å². The summed E-state index contributed by atoms with van der Waals surface area (Å²) in [4.78, 5) is 13.8. The van der Waals surface area contributed by atoms with E-state index in [1.165, 1.54) is 18.4 Å². The van der Waals surface area contributed by atoms with Gasteiger partial charge in [-0.1, -0.05) is 12.1 Å². The molecule has 1 aromatic rings. The first-order valence-electron chi connectivity index (χ1n) is 7.80. The zero-order valence-electron chi connectivity index (χ0n) is 12.5. The van der Waals surface area contributed by atoms with Crippen LogP contribution >= 0.6 is 0 Å². The second-order valence-electron chi connectivity index (χ2n) is 6.14. The maximum atomic E-state index is 11.3. The molecule has 1 fully saturated rings. The Kier molecular flexibility index (Phi) is 4.27. The topological polar surface area (TPSA) is 49.8 Å². The lowest BCUT2D eigenvalue weighted by Gasteiger charge is -2.39. The van der Waals surface area contributed by atoms with Gasteiger partial charge in [0, 0.05) is 26.2 Å². The van der Waals surface area contributed by atoms with Crippen LogP contribution in [0.1, 0.15) is 47.2 Å². The Hall–Kier alpha value is -1.39. The van der Waals surface area contributed by atoms with Crippen molar-refractivity contribution in [1.82, 2.24) is 4.90 Å². The summed E-state index contributed by atoms with van der Waals surface area (Å²) in [6.07, 6.45) is 5.93. The molecule has 1 heterocycles. The number of aromatic carboxylic acids is 1. The van der Waals surface area contributed by atoms with E-state index in [0.717, 1.165) is 37.9 Å². The standard InChI is InChI=1S/C17H23NO3/c1-21-14-7-5-13(6-8-14)18-10-9-15-12(11-18)3-2-4-16(15)17(19)20/h2-4,13-14H,5-11H2,1H3,(H,19,20). The zero-order chi connectivity index (χ0) is 14.8. The average molecular weight is 289 g/mol. The first-order chi connectivity index (χ1) is 10.2. The van der Waals surface area contributed by atoms with Gasteiger partial charge in [-0.3, -0.25) is 4.90 Å². The minimum absolute atomic E-state index is 0.428. The number of hydrogen-bond acceptors (Lipinski definition) is 3. The fraction of sp³-hybridized carbons (Fsp3) is 0.588. The summed E-state index contributed by atoms with van der Waals surface area (Å²) in [6.45, 7) is 1.86. The van der Waals surface area contributed by atoms with E-state index in [1.807, 2.05) is 6.07 Å². The Morgan fingerprint density at radius 1 is 1.29 bits per heavy atom. The van der Waals surface area contributed by atoms with Crippen LogP contribution in [0.15, 0.2) is 18.2 Å². The van der Waals surface area contributed by atoms with Crippen LogP contribution in [0.3, 0.4) is 0 Å². The first kappa shape index (κ1) is 14.5. The average Bonchev–Trinajstić information content (AvgIpc) is 2.53. The molecule has 0 bridgehead atoms. The third-order valence-electron chi connectivity index (χ3n) is 5.02. The molecule has 0 radical (unpaired) electrons. The SMILES string of the molecule is COC1CCC(N2CCc3c(cccc3C(=O)O)C2)CC1. The van der Waals surface area contributed by atoms with Crippen molar-refractivity contribution in [2.24, 2.45) is 0 Å². The highest BCUT2D eigenvalue weighted by Gasteiger charge is 2.29. The number of benzene rings is 1. The van der Waals surface area contributed by atoms with Crippen molar-refractivity contribution < 1.29 is 14.6 Å². The van der Waals surface area contributed by atoms with Gasteiger partial charge in [0.1, 0.15) is 0 Å². The molecule has 0 aromatic heterocycles. The third-order valence-corrected chi connectivity index (χ3v) is 5.02. The van der Waals surface area contributed by atoms with Crippen LogP contribution in [0, 0.1) is 0 Å². The largest absolute Gasteiger partial charge is 0.478 e. The fourth-order valence-corrected chi connectivity index (χ4v) is 3.79. The molecule has 4 nitrogen and oxygen atoms in total. The number of carboxylic acid groups (broad SMARTS) is 1. The molecule has 1 N–H and O–H groups in total. The maximum Gasteiger partial charge on any atom is 0.335 e. The van der Waals surface area contributed by atoms with E-state index in [9.17, 15) is 9.90 Å². The predicted octanol–water partition coefficient (Wildman–Crippen LogP) is 2.70. The molecule has 114 valence electrons. The minimum atomic E-state index is -0.805. The fourth-order valence-electron chi connectivity index (χ4n) is 3.79. The summed E-state index contributed by atoms with van der Waals surface area (Å²) in [5, 5.41) is 9.28. The second kappa shape index (κ2) is 6.16. The maximum absolute atomic E-state index is 11.3. The Bertz CT molecular complexity index is 521. The van der Waals surface area contributed by atoms with Gasteiger partial charge in [-0.2, -0.15) is 0 Å². The summed E-state index contributed by atoms with van der Waals surface area (Å²) in [5.41, 5.74) is 2.71. The molecule has 1 aliphatic carbocycles. The molecule has 0 atom stereocenters. The number of nitrogens with zero attached hydrogens (tertiary/aromatic N) is 1. The Balaban J connectivity index is 1.71. The summed E-state index contributed by atoms with van der Waals surface area (Å²) in [7, 11) is 1.80. The highest BCUT2D eigenvalue weighted by Crippen LogP contribution is 2.30. The number of fused-ring (bicyclic) bond motifs is 1. The van der Waals surface area contributed by atoms with Gasteiger partial charge in [0.15, 0.2) is 0 Å². The molecule has 0 amide bonds. The summed E-state index contributed by atoms with van der Waals surface area (Å²) in [6, 6.07) is 6.29. The number of carboxylic acids is 1. The van der Waals surface area contributed by atoms with Crippen molar-refractivity contribution in [3.63, 3.8) is 0 Å². The highest BCUT2D eigenvalue weighted by molar-refractivity contribution is 5.89. The lowest BCUT2D eigenvalue weighted by atomic mass is 9.88. The van der Waals surface area contributed by atoms with Gasteiger partial charge in [0.2, 0.25) is 0 Å². The molecule has 1 aromatic carbocycles. The highest BCUT2D eigenvalue weighted by atomic mass is 16.5. The van der Waals surface area contributed by atoms with E-state index in [1.54, 1.807) is 13.2 Å². The van der Waals surface area contributed by atoms with Crippen LogP contribution < -0.4 is 0 Å². The van der Waals surface area contributed by atoms with E-state index >= 15 is 0 Å². The molecule has 1 saturated carbocycles.